The Balaban J connectivity index is 2.18. The van der Waals surface area contributed by atoms with Crippen molar-refractivity contribution in [3.63, 3.8) is 0 Å². The van der Waals surface area contributed by atoms with E-state index in [2.05, 4.69) is 4.98 Å². The minimum atomic E-state index is -1.11. The van der Waals surface area contributed by atoms with Gasteiger partial charge in [-0.2, -0.15) is 0 Å². The SMILES string of the molecule is CCOC(=O)c1cnc2c(F)c(F)ccc2c1N1CCCC(C(=O)O)C1. The smallest absolute Gasteiger partial charge is 0.341 e. The summed E-state index contributed by atoms with van der Waals surface area (Å²) in [6.07, 6.45) is 2.28. The Kier molecular flexibility index (Phi) is 5.01. The first kappa shape index (κ1) is 18.0. The van der Waals surface area contributed by atoms with Crippen molar-refractivity contribution in [1.29, 1.82) is 0 Å². The fraction of sp³-hybridized carbons (Fsp3) is 0.389. The van der Waals surface area contributed by atoms with Gasteiger partial charge in [0.2, 0.25) is 0 Å². The number of nitrogens with zero attached hydrogens (tertiary/aromatic N) is 2. The van der Waals surface area contributed by atoms with E-state index in [1.165, 1.54) is 6.07 Å². The predicted molar refractivity (Wildman–Crippen MR) is 90.2 cm³/mol. The highest BCUT2D eigenvalue weighted by molar-refractivity contribution is 6.05. The molecule has 1 aliphatic rings. The zero-order chi connectivity index (χ0) is 18.8. The van der Waals surface area contributed by atoms with Crippen molar-refractivity contribution in [1.82, 2.24) is 4.98 Å². The number of aromatic nitrogens is 1. The van der Waals surface area contributed by atoms with Gasteiger partial charge in [0.25, 0.3) is 0 Å². The van der Waals surface area contributed by atoms with Crippen LogP contribution in [0.4, 0.5) is 14.5 Å². The van der Waals surface area contributed by atoms with Crippen molar-refractivity contribution in [2.75, 3.05) is 24.6 Å². The van der Waals surface area contributed by atoms with Gasteiger partial charge in [-0.1, -0.05) is 0 Å². The Labute approximate surface area is 148 Å². The summed E-state index contributed by atoms with van der Waals surface area (Å²) >= 11 is 0. The van der Waals surface area contributed by atoms with Gasteiger partial charge in [-0.3, -0.25) is 9.78 Å². The molecule has 0 aliphatic carbocycles. The normalized spacial score (nSPS) is 17.3. The first-order valence-electron chi connectivity index (χ1n) is 8.35. The van der Waals surface area contributed by atoms with E-state index in [9.17, 15) is 23.5 Å². The van der Waals surface area contributed by atoms with Crippen LogP contribution in [0.25, 0.3) is 10.9 Å². The molecule has 6 nitrogen and oxygen atoms in total. The minimum absolute atomic E-state index is 0.108. The van der Waals surface area contributed by atoms with Crippen LogP contribution in [0, 0.1) is 17.6 Å². The molecule has 0 amide bonds. The number of piperidine rings is 1. The number of aliphatic carboxylic acids is 1. The summed E-state index contributed by atoms with van der Waals surface area (Å²) in [5.41, 5.74) is 0.236. The number of anilines is 1. The highest BCUT2D eigenvalue weighted by Gasteiger charge is 2.30. The second kappa shape index (κ2) is 7.23. The third-order valence-corrected chi connectivity index (χ3v) is 4.48. The number of fused-ring (bicyclic) bond motifs is 1. The molecule has 8 heteroatoms. The number of halogens is 2. The Morgan fingerprint density at radius 2 is 2.15 bits per heavy atom. The van der Waals surface area contributed by atoms with Gasteiger partial charge in [0, 0.05) is 24.7 Å². The van der Waals surface area contributed by atoms with Crippen molar-refractivity contribution in [2.45, 2.75) is 19.8 Å². The molecule has 0 radical (unpaired) electrons. The summed E-state index contributed by atoms with van der Waals surface area (Å²) in [6, 6.07) is 2.32. The highest BCUT2D eigenvalue weighted by Crippen LogP contribution is 2.34. The van der Waals surface area contributed by atoms with E-state index >= 15 is 0 Å². The third kappa shape index (κ3) is 3.18. The molecular formula is C18H18F2N2O4. The number of carbonyl (C=O) groups is 2. The number of pyridine rings is 1. The summed E-state index contributed by atoms with van der Waals surface area (Å²) in [6.45, 7) is 2.46. The number of hydrogen-bond donors (Lipinski definition) is 1. The lowest BCUT2D eigenvalue weighted by Gasteiger charge is -2.34. The average Bonchev–Trinajstić information content (AvgIpc) is 2.64. The molecule has 0 saturated carbocycles. The van der Waals surface area contributed by atoms with E-state index in [4.69, 9.17) is 4.74 Å². The zero-order valence-electron chi connectivity index (χ0n) is 14.2. The first-order valence-corrected chi connectivity index (χ1v) is 8.35. The highest BCUT2D eigenvalue weighted by atomic mass is 19.2. The predicted octanol–water partition coefficient (Wildman–Crippen LogP) is 2.99. The Hall–Kier alpha value is -2.77. The molecule has 1 aromatic heterocycles. The van der Waals surface area contributed by atoms with Crippen LogP contribution in [-0.4, -0.2) is 41.7 Å². The quantitative estimate of drug-likeness (QED) is 0.840. The van der Waals surface area contributed by atoms with E-state index in [0.717, 1.165) is 12.3 Å². The summed E-state index contributed by atoms with van der Waals surface area (Å²) < 4.78 is 32.8. The molecule has 0 spiro atoms. The molecule has 1 unspecified atom stereocenters. The fourth-order valence-corrected chi connectivity index (χ4v) is 3.27. The topological polar surface area (TPSA) is 79.7 Å². The number of benzene rings is 1. The molecule has 3 rings (SSSR count). The molecule has 1 saturated heterocycles. The molecule has 1 aliphatic heterocycles. The van der Waals surface area contributed by atoms with E-state index in [-0.39, 0.29) is 29.6 Å². The number of rotatable bonds is 4. The van der Waals surface area contributed by atoms with Gasteiger partial charge in [0.05, 0.1) is 18.2 Å². The van der Waals surface area contributed by atoms with Crippen LogP contribution in [0.1, 0.15) is 30.1 Å². The summed E-state index contributed by atoms with van der Waals surface area (Å²) in [4.78, 5) is 29.3. The average molecular weight is 364 g/mol. The largest absolute Gasteiger partial charge is 0.481 e. The lowest BCUT2D eigenvalue weighted by Crippen LogP contribution is -2.39. The molecule has 1 aromatic carbocycles. The van der Waals surface area contributed by atoms with Gasteiger partial charge in [-0.15, -0.1) is 0 Å². The molecular weight excluding hydrogens is 346 g/mol. The van der Waals surface area contributed by atoms with Crippen molar-refractivity contribution in [3.8, 4) is 0 Å². The van der Waals surface area contributed by atoms with E-state index in [1.807, 2.05) is 0 Å². The van der Waals surface area contributed by atoms with E-state index < -0.39 is 29.5 Å². The van der Waals surface area contributed by atoms with Crippen molar-refractivity contribution in [2.24, 2.45) is 5.92 Å². The van der Waals surface area contributed by atoms with Crippen LogP contribution < -0.4 is 4.90 Å². The lowest BCUT2D eigenvalue weighted by molar-refractivity contribution is -0.141. The summed E-state index contributed by atoms with van der Waals surface area (Å²) in [7, 11) is 0. The number of carbonyl (C=O) groups excluding carboxylic acids is 1. The monoisotopic (exact) mass is 364 g/mol. The summed E-state index contributed by atoms with van der Waals surface area (Å²) in [5, 5.41) is 9.57. The Bertz CT molecular complexity index is 872. The van der Waals surface area contributed by atoms with Gasteiger partial charge in [-0.05, 0) is 31.9 Å². The molecule has 2 heterocycles. The van der Waals surface area contributed by atoms with Crippen LogP contribution in [-0.2, 0) is 9.53 Å². The van der Waals surface area contributed by atoms with E-state index in [0.29, 0.717) is 25.1 Å². The number of ether oxygens (including phenoxy) is 1. The molecule has 26 heavy (non-hydrogen) atoms. The van der Waals surface area contributed by atoms with Gasteiger partial charge in [0.1, 0.15) is 11.1 Å². The number of hydrogen-bond acceptors (Lipinski definition) is 5. The van der Waals surface area contributed by atoms with Crippen LogP contribution >= 0.6 is 0 Å². The fourth-order valence-electron chi connectivity index (χ4n) is 3.27. The number of carboxylic acids is 1. The van der Waals surface area contributed by atoms with Gasteiger partial charge in [0.15, 0.2) is 11.6 Å². The van der Waals surface area contributed by atoms with Gasteiger partial charge < -0.3 is 14.7 Å². The standard InChI is InChI=1S/C18H18F2N2O4/c1-2-26-18(25)12-8-21-15-11(5-6-13(19)14(15)20)16(12)22-7-3-4-10(9-22)17(23)24/h5-6,8,10H,2-4,7,9H2,1H3,(H,23,24). The molecule has 1 atom stereocenters. The molecule has 138 valence electrons. The minimum Gasteiger partial charge on any atom is -0.481 e. The van der Waals surface area contributed by atoms with Crippen LogP contribution in [0.3, 0.4) is 0 Å². The van der Waals surface area contributed by atoms with Gasteiger partial charge in [-0.25, -0.2) is 13.6 Å². The molecule has 0 bridgehead atoms. The third-order valence-electron chi connectivity index (χ3n) is 4.48. The zero-order valence-corrected chi connectivity index (χ0v) is 14.2. The maximum absolute atomic E-state index is 14.2. The maximum Gasteiger partial charge on any atom is 0.341 e. The van der Waals surface area contributed by atoms with Gasteiger partial charge >= 0.3 is 11.9 Å². The Morgan fingerprint density at radius 1 is 1.38 bits per heavy atom. The first-order chi connectivity index (χ1) is 12.4. The molecule has 2 aromatic rings. The van der Waals surface area contributed by atoms with Crippen molar-refractivity contribution >= 4 is 28.5 Å². The summed E-state index contributed by atoms with van der Waals surface area (Å²) in [5.74, 6) is -4.32. The van der Waals surface area contributed by atoms with Crippen molar-refractivity contribution < 1.29 is 28.2 Å². The number of carboxylic acid groups (broad SMARTS) is 1. The molecule has 1 fully saturated rings. The van der Waals surface area contributed by atoms with Crippen LogP contribution in [0.5, 0.6) is 0 Å². The van der Waals surface area contributed by atoms with Crippen molar-refractivity contribution in [3.05, 3.63) is 35.5 Å². The second-order valence-electron chi connectivity index (χ2n) is 6.12. The lowest BCUT2D eigenvalue weighted by atomic mass is 9.96. The van der Waals surface area contributed by atoms with Crippen LogP contribution in [0.2, 0.25) is 0 Å². The number of esters is 1. The molecule has 1 N–H and O–H groups in total. The Morgan fingerprint density at radius 3 is 2.85 bits per heavy atom. The van der Waals surface area contributed by atoms with E-state index in [1.54, 1.807) is 11.8 Å². The van der Waals surface area contributed by atoms with Crippen LogP contribution in [0.15, 0.2) is 18.3 Å². The maximum atomic E-state index is 14.2. The second-order valence-corrected chi connectivity index (χ2v) is 6.12.